The van der Waals surface area contributed by atoms with Gasteiger partial charge in [-0.3, -0.25) is 4.79 Å². The molecule has 2 unspecified atom stereocenters. The van der Waals surface area contributed by atoms with Crippen molar-refractivity contribution >= 4 is 11.6 Å². The van der Waals surface area contributed by atoms with E-state index in [1.54, 1.807) is 32.4 Å². The van der Waals surface area contributed by atoms with Crippen LogP contribution in [0.3, 0.4) is 0 Å². The monoisotopic (exact) mass is 236 g/mol. The summed E-state index contributed by atoms with van der Waals surface area (Å²) in [5.41, 5.74) is 6.28. The maximum atomic E-state index is 11.7. The molecule has 0 saturated heterocycles. The summed E-state index contributed by atoms with van der Waals surface area (Å²) in [6.45, 7) is 0. The Labute approximate surface area is 99.9 Å². The highest BCUT2D eigenvalue weighted by molar-refractivity contribution is 5.95. The van der Waals surface area contributed by atoms with Crippen molar-refractivity contribution in [2.75, 3.05) is 19.5 Å². The van der Waals surface area contributed by atoms with Gasteiger partial charge in [-0.1, -0.05) is 0 Å². The second-order valence-corrected chi connectivity index (χ2v) is 4.10. The number of rotatable bonds is 4. The third kappa shape index (κ3) is 2.68. The molecule has 2 rings (SSSR count). The molecule has 1 amide bonds. The third-order valence-corrected chi connectivity index (χ3v) is 2.80. The molecule has 1 aromatic rings. The normalized spacial score (nSPS) is 21.8. The minimum atomic E-state index is -0.0628. The fourth-order valence-corrected chi connectivity index (χ4v) is 1.63. The Hall–Kier alpha value is -1.75. The highest BCUT2D eigenvalue weighted by Crippen LogP contribution is 2.31. The van der Waals surface area contributed by atoms with Crippen LogP contribution in [0.15, 0.2) is 18.2 Å². The SMILES string of the molecule is COc1cc(NC(=O)C2CC2N)cc(OC)c1. The summed E-state index contributed by atoms with van der Waals surface area (Å²) >= 11 is 0. The Morgan fingerprint density at radius 3 is 2.24 bits per heavy atom. The van der Waals surface area contributed by atoms with Gasteiger partial charge in [0.15, 0.2) is 0 Å². The van der Waals surface area contributed by atoms with Crippen molar-refractivity contribution in [2.45, 2.75) is 12.5 Å². The van der Waals surface area contributed by atoms with Gasteiger partial charge >= 0.3 is 0 Å². The van der Waals surface area contributed by atoms with Crippen LogP contribution in [0.2, 0.25) is 0 Å². The molecule has 5 nitrogen and oxygen atoms in total. The Morgan fingerprint density at radius 2 is 1.82 bits per heavy atom. The number of methoxy groups -OCH3 is 2. The average Bonchev–Trinajstić information content (AvgIpc) is 3.06. The molecule has 1 fully saturated rings. The Bertz CT molecular complexity index is 412. The van der Waals surface area contributed by atoms with E-state index in [4.69, 9.17) is 15.2 Å². The zero-order valence-corrected chi connectivity index (χ0v) is 9.90. The number of benzene rings is 1. The van der Waals surface area contributed by atoms with Gasteiger partial charge in [-0.15, -0.1) is 0 Å². The molecule has 17 heavy (non-hydrogen) atoms. The van der Waals surface area contributed by atoms with Gasteiger partial charge in [0.2, 0.25) is 5.91 Å². The quantitative estimate of drug-likeness (QED) is 0.817. The molecule has 0 aromatic heterocycles. The number of nitrogens with one attached hydrogen (secondary N) is 1. The van der Waals surface area contributed by atoms with Gasteiger partial charge in [0, 0.05) is 29.9 Å². The zero-order chi connectivity index (χ0) is 12.4. The first-order chi connectivity index (χ1) is 8.13. The van der Waals surface area contributed by atoms with Crippen LogP contribution in [0, 0.1) is 5.92 Å². The fourth-order valence-electron chi connectivity index (χ4n) is 1.63. The summed E-state index contributed by atoms with van der Waals surface area (Å²) in [5, 5.41) is 2.80. The van der Waals surface area contributed by atoms with E-state index in [1.165, 1.54) is 0 Å². The molecule has 92 valence electrons. The Kier molecular flexibility index (Phi) is 3.19. The van der Waals surface area contributed by atoms with E-state index in [9.17, 15) is 4.79 Å². The number of carbonyl (C=O) groups is 1. The largest absolute Gasteiger partial charge is 0.497 e. The van der Waals surface area contributed by atoms with Crippen molar-refractivity contribution in [1.82, 2.24) is 0 Å². The maximum absolute atomic E-state index is 11.7. The van der Waals surface area contributed by atoms with E-state index >= 15 is 0 Å². The van der Waals surface area contributed by atoms with E-state index in [0.29, 0.717) is 17.2 Å². The van der Waals surface area contributed by atoms with Crippen LogP contribution in [0.25, 0.3) is 0 Å². The minimum Gasteiger partial charge on any atom is -0.497 e. The van der Waals surface area contributed by atoms with Crippen molar-refractivity contribution in [3.05, 3.63) is 18.2 Å². The van der Waals surface area contributed by atoms with Crippen LogP contribution in [-0.2, 0) is 4.79 Å². The first-order valence-corrected chi connectivity index (χ1v) is 5.43. The summed E-state index contributed by atoms with van der Waals surface area (Å²) in [4.78, 5) is 11.7. The van der Waals surface area contributed by atoms with Gasteiger partial charge in [0.05, 0.1) is 20.1 Å². The highest BCUT2D eigenvalue weighted by Gasteiger charge is 2.40. The van der Waals surface area contributed by atoms with Gasteiger partial charge in [-0.25, -0.2) is 0 Å². The molecular formula is C12H16N2O3. The third-order valence-electron chi connectivity index (χ3n) is 2.80. The standard InChI is InChI=1S/C12H16N2O3/c1-16-8-3-7(4-9(5-8)17-2)14-12(15)10-6-11(10)13/h3-5,10-11H,6,13H2,1-2H3,(H,14,15). The van der Waals surface area contributed by atoms with E-state index < -0.39 is 0 Å². The topological polar surface area (TPSA) is 73.6 Å². The van der Waals surface area contributed by atoms with E-state index in [1.807, 2.05) is 0 Å². The van der Waals surface area contributed by atoms with Gasteiger partial charge in [-0.2, -0.15) is 0 Å². The van der Waals surface area contributed by atoms with Gasteiger partial charge in [0.25, 0.3) is 0 Å². The summed E-state index contributed by atoms with van der Waals surface area (Å²) in [5.74, 6) is 1.17. The highest BCUT2D eigenvalue weighted by atomic mass is 16.5. The molecule has 3 N–H and O–H groups in total. The molecule has 0 bridgehead atoms. The average molecular weight is 236 g/mol. The van der Waals surface area contributed by atoms with Crippen molar-refractivity contribution in [1.29, 1.82) is 0 Å². The second-order valence-electron chi connectivity index (χ2n) is 4.10. The van der Waals surface area contributed by atoms with Crippen LogP contribution >= 0.6 is 0 Å². The molecule has 1 saturated carbocycles. The lowest BCUT2D eigenvalue weighted by atomic mass is 10.2. The molecule has 1 aliphatic carbocycles. The predicted octanol–water partition coefficient (Wildman–Crippen LogP) is 0.989. The number of ether oxygens (including phenoxy) is 2. The fraction of sp³-hybridized carbons (Fsp3) is 0.417. The van der Waals surface area contributed by atoms with Crippen LogP contribution in [0.1, 0.15) is 6.42 Å². The van der Waals surface area contributed by atoms with Crippen molar-refractivity contribution in [3.63, 3.8) is 0 Å². The maximum Gasteiger partial charge on any atom is 0.229 e. The minimum absolute atomic E-state index is 0.00232. The van der Waals surface area contributed by atoms with Gasteiger partial charge in [0.1, 0.15) is 11.5 Å². The molecule has 0 radical (unpaired) electrons. The number of nitrogens with two attached hydrogens (primary N) is 1. The Balaban J connectivity index is 2.11. The first kappa shape index (κ1) is 11.7. The molecule has 2 atom stereocenters. The van der Waals surface area contributed by atoms with Crippen LogP contribution in [0.5, 0.6) is 11.5 Å². The summed E-state index contributed by atoms with van der Waals surface area (Å²) in [6.07, 6.45) is 0.757. The van der Waals surface area contributed by atoms with Crippen LogP contribution in [0.4, 0.5) is 5.69 Å². The number of anilines is 1. The lowest BCUT2D eigenvalue weighted by Gasteiger charge is -2.09. The van der Waals surface area contributed by atoms with Crippen LogP contribution < -0.4 is 20.5 Å². The summed E-state index contributed by atoms with van der Waals surface area (Å²) in [6, 6.07) is 5.24. The van der Waals surface area contributed by atoms with Gasteiger partial charge in [-0.05, 0) is 6.42 Å². The van der Waals surface area contributed by atoms with Crippen molar-refractivity contribution < 1.29 is 14.3 Å². The van der Waals surface area contributed by atoms with Crippen LogP contribution in [-0.4, -0.2) is 26.2 Å². The molecule has 1 aromatic carbocycles. The lowest BCUT2D eigenvalue weighted by Crippen LogP contribution is -2.18. The van der Waals surface area contributed by atoms with Crippen molar-refractivity contribution in [2.24, 2.45) is 11.7 Å². The lowest BCUT2D eigenvalue weighted by molar-refractivity contribution is -0.117. The number of carbonyl (C=O) groups excluding carboxylic acids is 1. The molecule has 0 spiro atoms. The van der Waals surface area contributed by atoms with Gasteiger partial charge < -0.3 is 20.5 Å². The Morgan fingerprint density at radius 1 is 1.29 bits per heavy atom. The number of hydrogen-bond donors (Lipinski definition) is 2. The smallest absolute Gasteiger partial charge is 0.229 e. The van der Waals surface area contributed by atoms with E-state index in [-0.39, 0.29) is 17.9 Å². The molecular weight excluding hydrogens is 220 g/mol. The van der Waals surface area contributed by atoms with E-state index in [0.717, 1.165) is 6.42 Å². The number of amides is 1. The predicted molar refractivity (Wildman–Crippen MR) is 64.3 cm³/mol. The summed E-state index contributed by atoms with van der Waals surface area (Å²) < 4.78 is 10.2. The molecule has 1 aliphatic rings. The zero-order valence-electron chi connectivity index (χ0n) is 9.90. The molecule has 0 aliphatic heterocycles. The van der Waals surface area contributed by atoms with Crippen molar-refractivity contribution in [3.8, 4) is 11.5 Å². The first-order valence-electron chi connectivity index (χ1n) is 5.43. The molecule has 5 heteroatoms. The number of hydrogen-bond acceptors (Lipinski definition) is 4. The molecule has 0 heterocycles. The summed E-state index contributed by atoms with van der Waals surface area (Å²) in [7, 11) is 3.13. The van der Waals surface area contributed by atoms with E-state index in [2.05, 4.69) is 5.32 Å². The second kappa shape index (κ2) is 4.63.